The minimum absolute atomic E-state index is 0. The summed E-state index contributed by atoms with van der Waals surface area (Å²) in [7, 11) is 0. The SMILES string of the molecule is Cc1cc(C)cc(/C=C(\C(=O)[O-])c2ccc(O)cc2)c1.[Na+]. The maximum atomic E-state index is 11.3. The summed E-state index contributed by atoms with van der Waals surface area (Å²) >= 11 is 0. The zero-order valence-corrected chi connectivity index (χ0v) is 14.4. The van der Waals surface area contributed by atoms with Gasteiger partial charge in [0.25, 0.3) is 0 Å². The Morgan fingerprint density at radius 1 is 1.05 bits per heavy atom. The van der Waals surface area contributed by atoms with Gasteiger partial charge in [0.05, 0.1) is 5.97 Å². The number of carbonyl (C=O) groups excluding carboxylic acids is 1. The zero-order chi connectivity index (χ0) is 14.7. The van der Waals surface area contributed by atoms with Gasteiger partial charge in [-0.05, 0) is 43.2 Å². The minimum atomic E-state index is -1.24. The van der Waals surface area contributed by atoms with Crippen molar-refractivity contribution in [2.24, 2.45) is 0 Å². The predicted molar refractivity (Wildman–Crippen MR) is 76.9 cm³/mol. The van der Waals surface area contributed by atoms with E-state index in [0.717, 1.165) is 16.7 Å². The van der Waals surface area contributed by atoms with Crippen molar-refractivity contribution in [1.29, 1.82) is 0 Å². The van der Waals surface area contributed by atoms with Crippen LogP contribution in [-0.2, 0) is 4.79 Å². The van der Waals surface area contributed by atoms with Crippen molar-refractivity contribution < 1.29 is 44.6 Å². The molecule has 0 amide bonds. The van der Waals surface area contributed by atoms with Gasteiger partial charge in [0, 0.05) is 5.57 Å². The molecule has 0 aliphatic heterocycles. The monoisotopic (exact) mass is 290 g/mol. The number of carbonyl (C=O) groups is 1. The van der Waals surface area contributed by atoms with Gasteiger partial charge in [0.2, 0.25) is 0 Å². The number of phenols is 1. The quantitative estimate of drug-likeness (QED) is 0.462. The molecule has 0 aliphatic carbocycles. The average molecular weight is 290 g/mol. The molecule has 102 valence electrons. The Morgan fingerprint density at radius 2 is 1.57 bits per heavy atom. The molecule has 21 heavy (non-hydrogen) atoms. The molecule has 0 saturated heterocycles. The fourth-order valence-electron chi connectivity index (χ4n) is 2.16. The van der Waals surface area contributed by atoms with E-state index in [4.69, 9.17) is 0 Å². The van der Waals surface area contributed by atoms with E-state index >= 15 is 0 Å². The second-order valence-electron chi connectivity index (χ2n) is 4.81. The van der Waals surface area contributed by atoms with Crippen molar-refractivity contribution in [3.05, 3.63) is 64.7 Å². The topological polar surface area (TPSA) is 60.4 Å². The standard InChI is InChI=1S/C17H16O3.Na/c1-11-7-12(2)9-13(8-11)10-16(17(19)20)14-3-5-15(18)6-4-14;/h3-10,18H,1-2H3,(H,19,20);/q;+1/p-1/b16-10-;. The van der Waals surface area contributed by atoms with Crippen LogP contribution >= 0.6 is 0 Å². The Bertz CT molecular complexity index is 653. The first kappa shape index (κ1) is 17.5. The Kier molecular flexibility index (Phi) is 6.21. The molecule has 4 heteroatoms. The van der Waals surface area contributed by atoms with Gasteiger partial charge < -0.3 is 15.0 Å². The van der Waals surface area contributed by atoms with Gasteiger partial charge in [-0.15, -0.1) is 0 Å². The number of aliphatic carboxylic acids is 1. The molecule has 0 unspecified atom stereocenters. The van der Waals surface area contributed by atoms with Gasteiger partial charge in [-0.3, -0.25) is 0 Å². The number of aryl methyl sites for hydroxylation is 2. The number of rotatable bonds is 3. The van der Waals surface area contributed by atoms with E-state index in [2.05, 4.69) is 0 Å². The number of phenolic OH excluding ortho intramolecular Hbond substituents is 1. The van der Waals surface area contributed by atoms with Crippen molar-refractivity contribution in [3.8, 4) is 5.75 Å². The van der Waals surface area contributed by atoms with E-state index in [-0.39, 0.29) is 40.9 Å². The second kappa shape index (κ2) is 7.46. The summed E-state index contributed by atoms with van der Waals surface area (Å²) in [6, 6.07) is 11.9. The number of carboxylic acid groups (broad SMARTS) is 1. The van der Waals surface area contributed by atoms with Gasteiger partial charge in [0.15, 0.2) is 0 Å². The average Bonchev–Trinajstić information content (AvgIpc) is 2.36. The van der Waals surface area contributed by atoms with E-state index in [1.165, 1.54) is 12.1 Å². The maximum absolute atomic E-state index is 11.3. The summed E-state index contributed by atoms with van der Waals surface area (Å²) in [5.74, 6) is -1.15. The number of aromatic hydroxyl groups is 1. The first-order chi connectivity index (χ1) is 9.45. The van der Waals surface area contributed by atoms with Crippen LogP contribution < -0.4 is 34.7 Å². The van der Waals surface area contributed by atoms with E-state index in [9.17, 15) is 15.0 Å². The third-order valence-electron chi connectivity index (χ3n) is 2.95. The van der Waals surface area contributed by atoms with Crippen molar-refractivity contribution >= 4 is 17.6 Å². The van der Waals surface area contributed by atoms with Gasteiger partial charge in [-0.2, -0.15) is 0 Å². The van der Waals surface area contributed by atoms with Crippen LogP contribution in [0.4, 0.5) is 0 Å². The number of benzene rings is 2. The third-order valence-corrected chi connectivity index (χ3v) is 2.95. The van der Waals surface area contributed by atoms with E-state index < -0.39 is 5.97 Å². The molecule has 2 aromatic carbocycles. The van der Waals surface area contributed by atoms with Crippen LogP contribution in [0.2, 0.25) is 0 Å². The third kappa shape index (κ3) is 4.74. The molecule has 0 fully saturated rings. The second-order valence-corrected chi connectivity index (χ2v) is 4.81. The van der Waals surface area contributed by atoms with E-state index in [1.807, 2.05) is 32.0 Å². The fourth-order valence-corrected chi connectivity index (χ4v) is 2.16. The summed E-state index contributed by atoms with van der Waals surface area (Å²) in [6.07, 6.45) is 1.59. The van der Waals surface area contributed by atoms with Crippen molar-refractivity contribution in [2.75, 3.05) is 0 Å². The maximum Gasteiger partial charge on any atom is 1.00 e. The van der Waals surface area contributed by atoms with Gasteiger partial charge >= 0.3 is 29.6 Å². The molecule has 0 saturated carbocycles. The molecule has 0 aromatic heterocycles. The summed E-state index contributed by atoms with van der Waals surface area (Å²) < 4.78 is 0. The molecular weight excluding hydrogens is 275 g/mol. The zero-order valence-electron chi connectivity index (χ0n) is 12.4. The van der Waals surface area contributed by atoms with E-state index in [1.54, 1.807) is 18.2 Å². The smallest absolute Gasteiger partial charge is 0.545 e. The fraction of sp³-hybridized carbons (Fsp3) is 0.118. The molecule has 0 heterocycles. The molecule has 0 aliphatic rings. The largest absolute Gasteiger partial charge is 1.00 e. The van der Waals surface area contributed by atoms with E-state index in [0.29, 0.717) is 5.56 Å². The van der Waals surface area contributed by atoms with Crippen LogP contribution in [0.5, 0.6) is 5.75 Å². The molecule has 2 aromatic rings. The predicted octanol–water partition coefficient (Wildman–Crippen LogP) is -0.696. The Hall–Kier alpha value is -1.55. The normalized spacial score (nSPS) is 10.9. The molecule has 0 spiro atoms. The molecule has 0 atom stereocenters. The van der Waals surface area contributed by atoms with Crippen LogP contribution in [0.25, 0.3) is 11.6 Å². The van der Waals surface area contributed by atoms with Gasteiger partial charge in [0.1, 0.15) is 5.75 Å². The molecule has 1 N–H and O–H groups in total. The van der Waals surface area contributed by atoms with Crippen LogP contribution in [0.1, 0.15) is 22.3 Å². The Balaban J connectivity index is 0.00000220. The summed E-state index contributed by atoms with van der Waals surface area (Å²) in [5, 5.41) is 20.6. The first-order valence-electron chi connectivity index (χ1n) is 6.26. The molecular formula is C17H15NaO3. The number of carboxylic acids is 1. The van der Waals surface area contributed by atoms with Crippen LogP contribution in [0.3, 0.4) is 0 Å². The van der Waals surface area contributed by atoms with Crippen molar-refractivity contribution in [2.45, 2.75) is 13.8 Å². The van der Waals surface area contributed by atoms with Crippen LogP contribution in [-0.4, -0.2) is 11.1 Å². The molecule has 0 bridgehead atoms. The Morgan fingerprint density at radius 3 is 2.05 bits per heavy atom. The van der Waals surface area contributed by atoms with Crippen molar-refractivity contribution in [3.63, 3.8) is 0 Å². The van der Waals surface area contributed by atoms with Gasteiger partial charge in [-0.1, -0.05) is 41.5 Å². The molecule has 3 nitrogen and oxygen atoms in total. The number of hydrogen-bond donors (Lipinski definition) is 1. The van der Waals surface area contributed by atoms with Crippen LogP contribution in [0, 0.1) is 13.8 Å². The summed E-state index contributed by atoms with van der Waals surface area (Å²) in [6.45, 7) is 3.92. The van der Waals surface area contributed by atoms with Crippen LogP contribution in [0.15, 0.2) is 42.5 Å². The van der Waals surface area contributed by atoms with Gasteiger partial charge in [-0.25, -0.2) is 0 Å². The summed E-state index contributed by atoms with van der Waals surface area (Å²) in [4.78, 5) is 11.3. The first-order valence-corrected chi connectivity index (χ1v) is 6.26. The molecule has 2 rings (SSSR count). The Labute approximate surface area is 146 Å². The summed E-state index contributed by atoms with van der Waals surface area (Å²) in [5.41, 5.74) is 3.55. The van der Waals surface area contributed by atoms with Crippen molar-refractivity contribution in [1.82, 2.24) is 0 Å². The molecule has 0 radical (unpaired) electrons. The minimum Gasteiger partial charge on any atom is -0.545 e. The number of hydrogen-bond acceptors (Lipinski definition) is 3.